The molecular formula is C26H36O7. The van der Waals surface area contributed by atoms with Gasteiger partial charge in [0.15, 0.2) is 0 Å². The van der Waals surface area contributed by atoms with Gasteiger partial charge in [0.1, 0.15) is 18.5 Å². The minimum atomic E-state index is -1.22. The molecule has 182 valence electrons. The van der Waals surface area contributed by atoms with Crippen LogP contribution < -0.4 is 0 Å². The van der Waals surface area contributed by atoms with E-state index < -0.39 is 22.7 Å². The van der Waals surface area contributed by atoms with Gasteiger partial charge in [-0.15, -0.1) is 0 Å². The molecule has 4 fully saturated rings. The highest BCUT2D eigenvalue weighted by atomic mass is 16.6. The van der Waals surface area contributed by atoms with E-state index in [0.29, 0.717) is 38.7 Å². The fraction of sp³-hybridized carbons (Fsp3) is 0.808. The van der Waals surface area contributed by atoms with Crippen LogP contribution in [0.4, 0.5) is 0 Å². The van der Waals surface area contributed by atoms with Crippen LogP contribution >= 0.6 is 0 Å². The van der Waals surface area contributed by atoms with Gasteiger partial charge >= 0.3 is 11.9 Å². The van der Waals surface area contributed by atoms with Crippen molar-refractivity contribution in [1.29, 1.82) is 0 Å². The van der Waals surface area contributed by atoms with Gasteiger partial charge in [0.25, 0.3) is 0 Å². The Morgan fingerprint density at radius 3 is 2.61 bits per heavy atom. The summed E-state index contributed by atoms with van der Waals surface area (Å²) in [4.78, 5) is 37.4. The van der Waals surface area contributed by atoms with E-state index in [1.165, 1.54) is 0 Å². The number of cyclic esters (lactones) is 1. The highest BCUT2D eigenvalue weighted by Gasteiger charge is 2.73. The molecule has 0 amide bonds. The first-order valence-electron chi connectivity index (χ1n) is 12.6. The Kier molecular flexibility index (Phi) is 5.33. The maximum absolute atomic E-state index is 12.8. The zero-order chi connectivity index (χ0) is 23.6. The molecule has 33 heavy (non-hydrogen) atoms. The molecule has 5 rings (SSSR count). The average molecular weight is 461 g/mol. The van der Waals surface area contributed by atoms with Crippen LogP contribution in [0, 0.1) is 28.6 Å². The van der Waals surface area contributed by atoms with Gasteiger partial charge in [0, 0.05) is 30.3 Å². The second-order valence-electron chi connectivity index (χ2n) is 11.4. The number of aldehydes is 1. The van der Waals surface area contributed by atoms with Gasteiger partial charge < -0.3 is 24.5 Å². The molecule has 0 spiro atoms. The van der Waals surface area contributed by atoms with Gasteiger partial charge in [-0.05, 0) is 68.8 Å². The third kappa shape index (κ3) is 2.97. The molecule has 2 N–H and O–H groups in total. The second kappa shape index (κ2) is 7.64. The van der Waals surface area contributed by atoms with Crippen LogP contribution in [0.25, 0.3) is 0 Å². The quantitative estimate of drug-likeness (QED) is 0.490. The Balaban J connectivity index is 1.59. The maximum atomic E-state index is 12.8. The van der Waals surface area contributed by atoms with Crippen molar-refractivity contribution in [1.82, 2.24) is 0 Å². The first kappa shape index (κ1) is 23.0. The minimum absolute atomic E-state index is 0.0453. The fourth-order valence-corrected chi connectivity index (χ4v) is 8.82. The Morgan fingerprint density at radius 1 is 1.18 bits per heavy atom. The number of ether oxygens (including phenoxy) is 2. The van der Waals surface area contributed by atoms with E-state index in [0.717, 1.165) is 31.1 Å². The normalized spacial score (nSPS) is 48.7. The number of hydrogen-bond donors (Lipinski definition) is 2. The zero-order valence-corrected chi connectivity index (χ0v) is 19.7. The largest absolute Gasteiger partial charge is 0.458 e. The molecule has 0 aromatic heterocycles. The summed E-state index contributed by atoms with van der Waals surface area (Å²) in [5, 5.41) is 22.0. The molecule has 4 aliphatic carbocycles. The lowest BCUT2D eigenvalue weighted by Gasteiger charge is -2.65. The van der Waals surface area contributed by atoms with Crippen molar-refractivity contribution in [3.05, 3.63) is 11.6 Å². The standard InChI is InChI=1S/C26H36O7/c1-3-21(29)33-26-11-7-18(16-12-22(30)32-14-16)23(26,2)8-5-19-20(26)6-10-25(31)13-17(28)4-9-24(19,25)15-27/h12,15,17-20,28,31H,3-11,13-14H2,1-2H3/t17-,18+,19-,20+,23+,24-,25-,26-/m0/s1. The molecule has 0 unspecified atom stereocenters. The van der Waals surface area contributed by atoms with E-state index >= 15 is 0 Å². The van der Waals surface area contributed by atoms with Crippen molar-refractivity contribution in [2.75, 3.05) is 6.61 Å². The van der Waals surface area contributed by atoms with Gasteiger partial charge in [0.2, 0.25) is 0 Å². The summed E-state index contributed by atoms with van der Waals surface area (Å²) in [7, 11) is 0. The summed E-state index contributed by atoms with van der Waals surface area (Å²) in [5.41, 5.74) is -2.27. The molecule has 7 heteroatoms. The molecule has 0 bridgehead atoms. The van der Waals surface area contributed by atoms with Crippen molar-refractivity contribution >= 4 is 18.2 Å². The molecule has 8 atom stereocenters. The van der Waals surface area contributed by atoms with Gasteiger partial charge in [-0.3, -0.25) is 4.79 Å². The highest BCUT2D eigenvalue weighted by Crippen LogP contribution is 2.71. The number of carbonyl (C=O) groups excluding carboxylic acids is 3. The molecule has 4 saturated carbocycles. The van der Waals surface area contributed by atoms with Crippen LogP contribution in [0.2, 0.25) is 0 Å². The number of hydrogen-bond acceptors (Lipinski definition) is 7. The number of carbonyl (C=O) groups is 3. The van der Waals surface area contributed by atoms with Crippen LogP contribution in [0.3, 0.4) is 0 Å². The summed E-state index contributed by atoms with van der Waals surface area (Å²) in [6, 6.07) is 0. The van der Waals surface area contributed by atoms with E-state index in [2.05, 4.69) is 6.92 Å². The molecular weight excluding hydrogens is 424 g/mol. The first-order valence-corrected chi connectivity index (χ1v) is 12.6. The average Bonchev–Trinajstić information content (AvgIpc) is 3.33. The minimum Gasteiger partial charge on any atom is -0.458 e. The summed E-state index contributed by atoms with van der Waals surface area (Å²) in [6.45, 7) is 4.28. The Bertz CT molecular complexity index is 897. The van der Waals surface area contributed by atoms with Crippen molar-refractivity contribution in [2.24, 2.45) is 28.6 Å². The third-order valence-corrected chi connectivity index (χ3v) is 10.4. The molecule has 7 nitrogen and oxygen atoms in total. The van der Waals surface area contributed by atoms with E-state index in [9.17, 15) is 24.6 Å². The van der Waals surface area contributed by atoms with Gasteiger partial charge in [0.05, 0.1) is 17.1 Å². The van der Waals surface area contributed by atoms with Crippen LogP contribution in [0.1, 0.15) is 78.1 Å². The fourth-order valence-electron chi connectivity index (χ4n) is 8.82. The van der Waals surface area contributed by atoms with Crippen molar-refractivity contribution in [2.45, 2.75) is 95.4 Å². The van der Waals surface area contributed by atoms with E-state index in [1.54, 1.807) is 13.0 Å². The number of aliphatic hydroxyl groups excluding tert-OH is 1. The topological polar surface area (TPSA) is 110 Å². The Labute approximate surface area is 194 Å². The van der Waals surface area contributed by atoms with Gasteiger partial charge in [-0.1, -0.05) is 13.8 Å². The molecule has 0 radical (unpaired) electrons. The molecule has 0 saturated heterocycles. The van der Waals surface area contributed by atoms with Crippen LogP contribution in [-0.4, -0.2) is 52.4 Å². The molecule has 1 aliphatic heterocycles. The van der Waals surface area contributed by atoms with Crippen LogP contribution in [0.5, 0.6) is 0 Å². The zero-order valence-electron chi connectivity index (χ0n) is 19.7. The summed E-state index contributed by atoms with van der Waals surface area (Å²) in [5.74, 6) is -0.621. The second-order valence-corrected chi connectivity index (χ2v) is 11.4. The molecule has 1 heterocycles. The van der Waals surface area contributed by atoms with E-state index in [-0.39, 0.29) is 47.9 Å². The van der Waals surface area contributed by atoms with E-state index in [1.807, 2.05) is 0 Å². The molecule has 0 aromatic rings. The number of aliphatic hydroxyl groups is 2. The smallest absolute Gasteiger partial charge is 0.331 e. The first-order chi connectivity index (χ1) is 15.6. The number of fused-ring (bicyclic) bond motifs is 5. The lowest BCUT2D eigenvalue weighted by molar-refractivity contribution is -0.256. The lowest BCUT2D eigenvalue weighted by atomic mass is 9.41. The monoisotopic (exact) mass is 460 g/mol. The number of esters is 2. The van der Waals surface area contributed by atoms with Gasteiger partial charge in [-0.2, -0.15) is 0 Å². The Morgan fingerprint density at radius 2 is 1.94 bits per heavy atom. The number of rotatable bonds is 4. The van der Waals surface area contributed by atoms with Crippen molar-refractivity contribution in [3.63, 3.8) is 0 Å². The third-order valence-electron chi connectivity index (χ3n) is 10.4. The van der Waals surface area contributed by atoms with Crippen molar-refractivity contribution in [3.8, 4) is 0 Å². The van der Waals surface area contributed by atoms with Crippen molar-refractivity contribution < 1.29 is 34.1 Å². The maximum Gasteiger partial charge on any atom is 0.331 e. The SMILES string of the molecule is CCC(=O)O[C@]12CC[C@H](C3=CC(=O)OC3)[C@@]1(C)CC[C@H]1[C@H]2CC[C@]2(O)C[C@@H](O)CC[C@]12C=O. The summed E-state index contributed by atoms with van der Waals surface area (Å²) >= 11 is 0. The molecule has 0 aromatic carbocycles. The summed E-state index contributed by atoms with van der Waals surface area (Å²) < 4.78 is 11.7. The highest BCUT2D eigenvalue weighted by molar-refractivity contribution is 5.85. The predicted molar refractivity (Wildman–Crippen MR) is 118 cm³/mol. The lowest BCUT2D eigenvalue weighted by Crippen LogP contribution is -2.69. The van der Waals surface area contributed by atoms with Crippen LogP contribution in [0.15, 0.2) is 11.6 Å². The Hall–Kier alpha value is -1.73. The predicted octanol–water partition coefficient (Wildman–Crippen LogP) is 2.86. The summed E-state index contributed by atoms with van der Waals surface area (Å²) in [6.07, 6.45) is 7.49. The van der Waals surface area contributed by atoms with E-state index in [4.69, 9.17) is 9.47 Å². The van der Waals surface area contributed by atoms with Crippen LogP contribution in [-0.2, 0) is 23.9 Å². The van der Waals surface area contributed by atoms with Gasteiger partial charge in [-0.25, -0.2) is 4.79 Å². The molecule has 5 aliphatic rings.